The highest BCUT2D eigenvalue weighted by atomic mass is 32.2. The van der Waals surface area contributed by atoms with Gasteiger partial charge in [-0.05, 0) is 24.6 Å². The fraction of sp³-hybridized carbons (Fsp3) is 0.273. The predicted molar refractivity (Wildman–Crippen MR) is 63.7 cm³/mol. The normalized spacial score (nSPS) is 10.9. The molecule has 0 saturated heterocycles. The van der Waals surface area contributed by atoms with Gasteiger partial charge in [-0.1, -0.05) is 0 Å². The van der Waals surface area contributed by atoms with Crippen molar-refractivity contribution in [3.8, 4) is 0 Å². The number of rotatable bonds is 3. The van der Waals surface area contributed by atoms with E-state index >= 15 is 0 Å². The van der Waals surface area contributed by atoms with E-state index in [0.717, 1.165) is 14.2 Å². The maximum Gasteiger partial charge on any atom is 0.339 e. The van der Waals surface area contributed by atoms with Gasteiger partial charge in [0.1, 0.15) is 4.90 Å². The lowest BCUT2D eigenvalue weighted by Gasteiger charge is -2.11. The molecule has 7 nitrogen and oxygen atoms in total. The number of carbonyl (C=O) groups excluding carboxylic acids is 2. The first kappa shape index (κ1) is 15.1. The quantitative estimate of drug-likeness (QED) is 0.648. The molecule has 0 aliphatic carbocycles. The van der Waals surface area contributed by atoms with Crippen LogP contribution < -0.4 is 0 Å². The van der Waals surface area contributed by atoms with Gasteiger partial charge in [-0.2, -0.15) is 8.42 Å². The molecule has 0 radical (unpaired) electrons. The summed E-state index contributed by atoms with van der Waals surface area (Å²) in [5.41, 5.74) is -0.413. The van der Waals surface area contributed by atoms with Gasteiger partial charge in [0.25, 0.3) is 10.1 Å². The Hall–Kier alpha value is -1.93. The summed E-state index contributed by atoms with van der Waals surface area (Å²) in [6.07, 6.45) is 0. The lowest BCUT2D eigenvalue weighted by molar-refractivity contribution is 0.0589. The molecular weight excluding hydrogens is 276 g/mol. The van der Waals surface area contributed by atoms with E-state index in [1.165, 1.54) is 12.1 Å². The molecule has 0 spiro atoms. The third-order valence-corrected chi connectivity index (χ3v) is 3.26. The third-order valence-electron chi connectivity index (χ3n) is 2.30. The van der Waals surface area contributed by atoms with Crippen molar-refractivity contribution in [3.05, 3.63) is 28.8 Å². The van der Waals surface area contributed by atoms with Crippen LogP contribution in [0.1, 0.15) is 26.3 Å². The van der Waals surface area contributed by atoms with Crippen molar-refractivity contribution in [2.45, 2.75) is 11.8 Å². The average Bonchev–Trinajstić information content (AvgIpc) is 2.34. The standard InChI is InChI=1S/C11H12O7S/c1-6-4-7(10(12)17-2)9(19(14,15)16)8(5-6)11(13)18-3/h4-5H,1-3H3,(H,14,15,16). The van der Waals surface area contributed by atoms with Gasteiger partial charge in [-0.3, -0.25) is 4.55 Å². The first-order valence-electron chi connectivity index (χ1n) is 5.01. The molecule has 0 fully saturated rings. The van der Waals surface area contributed by atoms with Crippen LogP contribution in [0.25, 0.3) is 0 Å². The Balaban J connectivity index is 3.79. The average molecular weight is 288 g/mol. The summed E-state index contributed by atoms with van der Waals surface area (Å²) in [6, 6.07) is 2.39. The summed E-state index contributed by atoms with van der Waals surface area (Å²) < 4.78 is 40.8. The Labute approximate surface area is 109 Å². The van der Waals surface area contributed by atoms with E-state index in [1.54, 1.807) is 6.92 Å². The van der Waals surface area contributed by atoms with Gasteiger partial charge in [0.2, 0.25) is 0 Å². The highest BCUT2D eigenvalue weighted by molar-refractivity contribution is 7.86. The van der Waals surface area contributed by atoms with Crippen LogP contribution in [0.15, 0.2) is 17.0 Å². The molecule has 19 heavy (non-hydrogen) atoms. The second-order valence-corrected chi connectivity index (χ2v) is 5.01. The zero-order valence-electron chi connectivity index (χ0n) is 10.5. The van der Waals surface area contributed by atoms with Gasteiger partial charge in [-0.15, -0.1) is 0 Å². The first-order valence-corrected chi connectivity index (χ1v) is 6.45. The van der Waals surface area contributed by atoms with E-state index in [1.807, 2.05) is 0 Å². The van der Waals surface area contributed by atoms with Crippen molar-refractivity contribution in [2.24, 2.45) is 0 Å². The van der Waals surface area contributed by atoms with Gasteiger partial charge in [-0.25, -0.2) is 9.59 Å². The van der Waals surface area contributed by atoms with E-state index in [2.05, 4.69) is 9.47 Å². The van der Waals surface area contributed by atoms with E-state index in [-0.39, 0.29) is 0 Å². The molecule has 0 aliphatic heterocycles. The second-order valence-electron chi connectivity index (χ2n) is 3.65. The number of esters is 2. The van der Waals surface area contributed by atoms with Crippen LogP contribution in [0.4, 0.5) is 0 Å². The number of hydrogen-bond acceptors (Lipinski definition) is 6. The topological polar surface area (TPSA) is 107 Å². The first-order chi connectivity index (χ1) is 8.72. The molecule has 1 aromatic carbocycles. The maximum absolute atomic E-state index is 11.5. The van der Waals surface area contributed by atoms with Crippen LogP contribution >= 0.6 is 0 Å². The lowest BCUT2D eigenvalue weighted by Crippen LogP contribution is -2.17. The molecule has 104 valence electrons. The molecule has 0 atom stereocenters. The highest BCUT2D eigenvalue weighted by Crippen LogP contribution is 2.24. The largest absolute Gasteiger partial charge is 0.465 e. The number of carbonyl (C=O) groups is 2. The number of benzene rings is 1. The second kappa shape index (κ2) is 5.37. The fourth-order valence-corrected chi connectivity index (χ4v) is 2.41. The molecule has 0 bridgehead atoms. The Morgan fingerprint density at radius 1 is 1.05 bits per heavy atom. The molecule has 1 rings (SSSR count). The van der Waals surface area contributed by atoms with Crippen molar-refractivity contribution in [1.29, 1.82) is 0 Å². The fourth-order valence-electron chi connectivity index (χ4n) is 1.57. The number of methoxy groups -OCH3 is 2. The Morgan fingerprint density at radius 2 is 1.42 bits per heavy atom. The molecule has 0 heterocycles. The minimum atomic E-state index is -4.79. The summed E-state index contributed by atoms with van der Waals surface area (Å²) in [4.78, 5) is 22.3. The van der Waals surface area contributed by atoms with Crippen molar-refractivity contribution in [1.82, 2.24) is 0 Å². The molecule has 0 saturated carbocycles. The van der Waals surface area contributed by atoms with Crippen LogP contribution in [-0.2, 0) is 19.6 Å². The zero-order valence-corrected chi connectivity index (χ0v) is 11.3. The monoisotopic (exact) mass is 288 g/mol. The molecule has 1 N–H and O–H groups in total. The number of hydrogen-bond donors (Lipinski definition) is 1. The minimum absolute atomic E-state index is 0.426. The number of aryl methyl sites for hydroxylation is 1. The smallest absolute Gasteiger partial charge is 0.339 e. The van der Waals surface area contributed by atoms with Crippen LogP contribution in [0.3, 0.4) is 0 Å². The Morgan fingerprint density at radius 3 is 1.68 bits per heavy atom. The minimum Gasteiger partial charge on any atom is -0.465 e. The van der Waals surface area contributed by atoms with E-state index < -0.39 is 38.1 Å². The van der Waals surface area contributed by atoms with Gasteiger partial charge in [0, 0.05) is 0 Å². The molecule has 0 aromatic heterocycles. The van der Waals surface area contributed by atoms with Crippen LogP contribution in [0, 0.1) is 6.92 Å². The van der Waals surface area contributed by atoms with Crippen LogP contribution in [0.5, 0.6) is 0 Å². The van der Waals surface area contributed by atoms with E-state index in [9.17, 15) is 22.6 Å². The summed E-state index contributed by atoms with van der Waals surface area (Å²) in [6.45, 7) is 1.55. The van der Waals surface area contributed by atoms with Gasteiger partial charge in [0.05, 0.1) is 25.3 Å². The Bertz CT molecular complexity index is 593. The van der Waals surface area contributed by atoms with Gasteiger partial charge in [0.15, 0.2) is 0 Å². The summed E-state index contributed by atoms with van der Waals surface area (Å²) in [7, 11) is -2.69. The lowest BCUT2D eigenvalue weighted by atomic mass is 10.1. The van der Waals surface area contributed by atoms with Crippen molar-refractivity contribution >= 4 is 22.1 Å². The van der Waals surface area contributed by atoms with Gasteiger partial charge < -0.3 is 9.47 Å². The summed E-state index contributed by atoms with van der Waals surface area (Å²) >= 11 is 0. The molecule has 0 amide bonds. The molecule has 1 aromatic rings. The predicted octanol–water partition coefficient (Wildman–Crippen LogP) is 0.815. The summed E-state index contributed by atoms with van der Waals surface area (Å²) in [5.74, 6) is -1.97. The van der Waals surface area contributed by atoms with E-state index in [0.29, 0.717) is 5.56 Å². The number of ether oxygens (including phenoxy) is 2. The highest BCUT2D eigenvalue weighted by Gasteiger charge is 2.29. The zero-order chi connectivity index (χ0) is 14.8. The molecule has 0 aliphatic rings. The SMILES string of the molecule is COC(=O)c1cc(C)cc(C(=O)OC)c1S(=O)(=O)O. The van der Waals surface area contributed by atoms with Crippen molar-refractivity contribution in [3.63, 3.8) is 0 Å². The maximum atomic E-state index is 11.5. The molecule has 8 heteroatoms. The third kappa shape index (κ3) is 3.09. The van der Waals surface area contributed by atoms with Gasteiger partial charge >= 0.3 is 11.9 Å². The van der Waals surface area contributed by atoms with Crippen LogP contribution in [0.2, 0.25) is 0 Å². The van der Waals surface area contributed by atoms with Crippen LogP contribution in [-0.4, -0.2) is 39.1 Å². The molecule has 0 unspecified atom stereocenters. The molecular formula is C11H12O7S. The summed E-state index contributed by atoms with van der Waals surface area (Å²) in [5, 5.41) is 0. The Kier molecular flexibility index (Phi) is 4.28. The van der Waals surface area contributed by atoms with Crippen molar-refractivity contribution < 1.29 is 32.0 Å². The van der Waals surface area contributed by atoms with Crippen molar-refractivity contribution in [2.75, 3.05) is 14.2 Å². The van der Waals surface area contributed by atoms with E-state index in [4.69, 9.17) is 0 Å².